The number of nitrogens with one attached hydrogen (secondary N) is 1. The number of piperidine rings is 1. The van der Waals surface area contributed by atoms with Gasteiger partial charge in [0.05, 0.1) is 10.8 Å². The Morgan fingerprint density at radius 1 is 1.41 bits per heavy atom. The molecule has 5 nitrogen and oxygen atoms in total. The van der Waals surface area contributed by atoms with Crippen molar-refractivity contribution in [3.8, 4) is 16.6 Å². The van der Waals surface area contributed by atoms with Crippen molar-refractivity contribution in [1.29, 1.82) is 5.26 Å². The van der Waals surface area contributed by atoms with Crippen molar-refractivity contribution in [2.75, 3.05) is 11.9 Å². The summed E-state index contributed by atoms with van der Waals surface area (Å²) in [6, 6.07) is 10.3. The van der Waals surface area contributed by atoms with Crippen LogP contribution in [-0.2, 0) is 4.79 Å². The van der Waals surface area contributed by atoms with E-state index in [1.807, 2.05) is 30.3 Å². The molecule has 1 saturated heterocycles. The molecule has 1 aliphatic carbocycles. The number of carbonyl (C=O) groups excluding carboxylic acids is 1. The maximum absolute atomic E-state index is 12.4. The first-order chi connectivity index (χ1) is 10.8. The smallest absolute Gasteiger partial charge is 0.231 e. The van der Waals surface area contributed by atoms with Crippen LogP contribution in [0.2, 0.25) is 0 Å². The Kier molecular flexibility index (Phi) is 3.09. The number of carbonyl (C=O) groups is 1. The molecule has 1 aromatic heterocycles. The van der Waals surface area contributed by atoms with E-state index in [2.05, 4.69) is 16.5 Å². The first kappa shape index (κ1) is 13.3. The predicted octanol–water partition coefficient (Wildman–Crippen LogP) is 2.55. The number of anilines is 1. The molecule has 0 radical (unpaired) electrons. The second-order valence-corrected chi connectivity index (χ2v) is 6.74. The van der Waals surface area contributed by atoms with Gasteiger partial charge in [-0.2, -0.15) is 5.26 Å². The van der Waals surface area contributed by atoms with Gasteiger partial charge in [-0.1, -0.05) is 41.7 Å². The molecule has 2 aliphatic rings. The number of aromatic nitrogens is 1. The molecule has 3 atom stereocenters. The molecule has 1 N–H and O–H groups in total. The fourth-order valence-corrected chi connectivity index (χ4v) is 3.96. The molecule has 1 saturated carbocycles. The lowest BCUT2D eigenvalue weighted by Gasteiger charge is -2.13. The summed E-state index contributed by atoms with van der Waals surface area (Å²) in [5.41, 5.74) is 1.10. The van der Waals surface area contributed by atoms with Gasteiger partial charge in [-0.3, -0.25) is 4.79 Å². The number of likely N-dealkylation sites (tertiary alicyclic amines) is 1. The van der Waals surface area contributed by atoms with Crippen LogP contribution in [0.5, 0.6) is 0 Å². The summed E-state index contributed by atoms with van der Waals surface area (Å²) in [7, 11) is 0. The molecule has 1 aliphatic heterocycles. The highest BCUT2D eigenvalue weighted by Crippen LogP contribution is 2.48. The van der Waals surface area contributed by atoms with Gasteiger partial charge in [0.1, 0.15) is 0 Å². The van der Waals surface area contributed by atoms with Crippen LogP contribution in [0.1, 0.15) is 6.42 Å². The number of fused-ring (bicyclic) bond motifs is 1. The summed E-state index contributed by atoms with van der Waals surface area (Å²) in [5.74, 6) is 0.237. The third-order valence-corrected chi connectivity index (χ3v) is 5.34. The average molecular weight is 310 g/mol. The number of rotatable bonds is 3. The fourth-order valence-electron chi connectivity index (χ4n) is 3.13. The van der Waals surface area contributed by atoms with Crippen LogP contribution in [0.3, 0.4) is 0 Å². The van der Waals surface area contributed by atoms with Crippen LogP contribution in [0.25, 0.3) is 10.4 Å². The molecule has 110 valence electrons. The van der Waals surface area contributed by atoms with Crippen LogP contribution < -0.4 is 5.32 Å². The Morgan fingerprint density at radius 2 is 2.23 bits per heavy atom. The SMILES string of the molecule is N#CN1CC(C(=O)Nc2ncc(-c3ccccc3)s2)C2CC21. The van der Waals surface area contributed by atoms with Crippen molar-refractivity contribution in [2.45, 2.75) is 12.5 Å². The van der Waals surface area contributed by atoms with E-state index >= 15 is 0 Å². The minimum atomic E-state index is -0.0891. The molecule has 2 heterocycles. The van der Waals surface area contributed by atoms with Gasteiger partial charge in [0.15, 0.2) is 11.3 Å². The predicted molar refractivity (Wildman–Crippen MR) is 83.9 cm³/mol. The van der Waals surface area contributed by atoms with Crippen LogP contribution in [-0.4, -0.2) is 28.4 Å². The van der Waals surface area contributed by atoms with Crippen molar-refractivity contribution >= 4 is 22.4 Å². The Morgan fingerprint density at radius 3 is 2.95 bits per heavy atom. The molecule has 3 unspecified atom stereocenters. The first-order valence-electron chi connectivity index (χ1n) is 7.25. The third kappa shape index (κ3) is 2.24. The van der Waals surface area contributed by atoms with E-state index in [4.69, 9.17) is 5.26 Å². The van der Waals surface area contributed by atoms with E-state index in [9.17, 15) is 4.79 Å². The average Bonchev–Trinajstić information content (AvgIpc) is 3.05. The molecule has 1 aromatic carbocycles. The highest BCUT2D eigenvalue weighted by Gasteiger charge is 2.56. The largest absolute Gasteiger partial charge is 0.306 e. The van der Waals surface area contributed by atoms with E-state index in [0.717, 1.165) is 16.9 Å². The lowest BCUT2D eigenvalue weighted by atomic mass is 10.1. The quantitative estimate of drug-likeness (QED) is 0.885. The summed E-state index contributed by atoms with van der Waals surface area (Å²) in [6.07, 6.45) is 4.91. The summed E-state index contributed by atoms with van der Waals surface area (Å²) < 4.78 is 0. The topological polar surface area (TPSA) is 69.0 Å². The normalized spacial score (nSPS) is 25.4. The third-order valence-electron chi connectivity index (χ3n) is 4.37. The van der Waals surface area contributed by atoms with Crippen molar-refractivity contribution in [3.05, 3.63) is 36.5 Å². The molecule has 2 fully saturated rings. The molecule has 0 bridgehead atoms. The number of hydrogen-bond acceptors (Lipinski definition) is 5. The van der Waals surface area contributed by atoms with Crippen molar-refractivity contribution in [1.82, 2.24) is 9.88 Å². The van der Waals surface area contributed by atoms with E-state index in [1.165, 1.54) is 11.3 Å². The zero-order valence-electron chi connectivity index (χ0n) is 11.8. The Bertz CT molecular complexity index is 751. The minimum absolute atomic E-state index is 0.0146. The minimum Gasteiger partial charge on any atom is -0.306 e. The molecular weight excluding hydrogens is 296 g/mol. The molecule has 2 aromatic rings. The van der Waals surface area contributed by atoms with E-state index < -0.39 is 0 Å². The number of benzene rings is 1. The van der Waals surface area contributed by atoms with Gasteiger partial charge in [0.2, 0.25) is 5.91 Å². The Labute approximate surface area is 132 Å². The van der Waals surface area contributed by atoms with Crippen molar-refractivity contribution in [2.24, 2.45) is 11.8 Å². The number of nitrogens with zero attached hydrogens (tertiary/aromatic N) is 3. The zero-order chi connectivity index (χ0) is 15.1. The monoisotopic (exact) mass is 310 g/mol. The van der Waals surface area contributed by atoms with E-state index in [-0.39, 0.29) is 17.9 Å². The van der Waals surface area contributed by atoms with E-state index in [0.29, 0.717) is 17.6 Å². The van der Waals surface area contributed by atoms with Crippen LogP contribution in [0.15, 0.2) is 36.5 Å². The van der Waals surface area contributed by atoms with Crippen LogP contribution in [0, 0.1) is 23.3 Å². The summed E-state index contributed by atoms with van der Waals surface area (Å²) in [5, 5.41) is 12.5. The fraction of sp³-hybridized carbons (Fsp3) is 0.312. The molecular formula is C16H14N4OS. The number of hydrogen-bond donors (Lipinski definition) is 1. The lowest BCUT2D eigenvalue weighted by molar-refractivity contribution is -0.120. The van der Waals surface area contributed by atoms with Crippen molar-refractivity contribution < 1.29 is 4.79 Å². The number of thiazole rings is 1. The van der Waals surface area contributed by atoms with Gasteiger partial charge in [-0.05, 0) is 17.9 Å². The number of nitriles is 1. The van der Waals surface area contributed by atoms with Crippen LogP contribution >= 0.6 is 11.3 Å². The second-order valence-electron chi connectivity index (χ2n) is 5.71. The molecule has 1 amide bonds. The van der Waals surface area contributed by atoms with E-state index in [1.54, 1.807) is 11.1 Å². The Hall–Kier alpha value is -2.39. The highest BCUT2D eigenvalue weighted by molar-refractivity contribution is 7.19. The Balaban J connectivity index is 1.45. The molecule has 22 heavy (non-hydrogen) atoms. The second kappa shape index (κ2) is 5.11. The van der Waals surface area contributed by atoms with Gasteiger partial charge in [0, 0.05) is 18.8 Å². The van der Waals surface area contributed by atoms with Crippen molar-refractivity contribution in [3.63, 3.8) is 0 Å². The van der Waals surface area contributed by atoms with Crippen LogP contribution in [0.4, 0.5) is 5.13 Å². The highest BCUT2D eigenvalue weighted by atomic mass is 32.1. The number of amides is 1. The summed E-state index contributed by atoms with van der Waals surface area (Å²) in [6.45, 7) is 0.536. The van der Waals surface area contributed by atoms with Gasteiger partial charge >= 0.3 is 0 Å². The summed E-state index contributed by atoms with van der Waals surface area (Å²) in [4.78, 5) is 19.4. The summed E-state index contributed by atoms with van der Waals surface area (Å²) >= 11 is 1.47. The maximum atomic E-state index is 12.4. The van der Waals surface area contributed by atoms with Gasteiger partial charge in [-0.15, -0.1) is 0 Å². The van der Waals surface area contributed by atoms with Gasteiger partial charge < -0.3 is 10.2 Å². The molecule has 6 heteroatoms. The zero-order valence-corrected chi connectivity index (χ0v) is 12.6. The molecule has 0 spiro atoms. The maximum Gasteiger partial charge on any atom is 0.231 e. The standard InChI is InChI=1S/C16H14N4OS/c17-9-20-8-12(11-6-13(11)20)15(21)19-16-18-7-14(22-16)10-4-2-1-3-5-10/h1-5,7,11-13H,6,8H2,(H,18,19,21). The van der Waals surface area contributed by atoms with Gasteiger partial charge in [-0.25, -0.2) is 4.98 Å². The molecule has 4 rings (SSSR count). The van der Waals surface area contributed by atoms with Gasteiger partial charge in [0.25, 0.3) is 0 Å². The first-order valence-corrected chi connectivity index (χ1v) is 8.06. The lowest BCUT2D eigenvalue weighted by Crippen LogP contribution is -2.29.